The molecular formula is C33H31N5O6. The number of carbonyl (C=O) groups excluding carboxylic acids is 3. The summed E-state index contributed by atoms with van der Waals surface area (Å²) in [4.78, 5) is 58.3. The third kappa shape index (κ3) is 3.95. The molecule has 3 heterocycles. The van der Waals surface area contributed by atoms with Gasteiger partial charge in [0.25, 0.3) is 17.5 Å². The van der Waals surface area contributed by atoms with E-state index in [0.717, 1.165) is 10.5 Å². The number of carbonyl (C=O) groups is 3. The largest absolute Gasteiger partial charge is 0.443 e. The van der Waals surface area contributed by atoms with Crippen LogP contribution in [-0.2, 0) is 26.4 Å². The summed E-state index contributed by atoms with van der Waals surface area (Å²) < 4.78 is 5.81. The molecule has 0 saturated carbocycles. The zero-order valence-corrected chi connectivity index (χ0v) is 24.8. The van der Waals surface area contributed by atoms with Gasteiger partial charge in [-0.2, -0.15) is 10.1 Å². The van der Waals surface area contributed by atoms with Gasteiger partial charge in [0, 0.05) is 29.8 Å². The maximum atomic E-state index is 15.2. The first-order valence-corrected chi connectivity index (χ1v) is 14.1. The SMILES string of the molecule is C=C1C[C@]2(C(=O)N(c3ccccc3)N=C2C)[C@]2(C(=O)N(Cc3ccccc3)c3ccc([N+](=O)[O-])cc32)N1C(=O)OC(C)(C)C. The van der Waals surface area contributed by atoms with Gasteiger partial charge >= 0.3 is 6.09 Å². The van der Waals surface area contributed by atoms with Crippen LogP contribution in [0, 0.1) is 15.5 Å². The zero-order valence-electron chi connectivity index (χ0n) is 24.8. The van der Waals surface area contributed by atoms with E-state index in [4.69, 9.17) is 4.74 Å². The number of ether oxygens (including phenoxy) is 1. The van der Waals surface area contributed by atoms with Gasteiger partial charge in [-0.05, 0) is 51.5 Å². The molecule has 11 heteroatoms. The van der Waals surface area contributed by atoms with Crippen molar-refractivity contribution in [1.29, 1.82) is 0 Å². The molecule has 3 aliphatic rings. The Morgan fingerprint density at radius 2 is 1.66 bits per heavy atom. The molecule has 224 valence electrons. The molecule has 1 fully saturated rings. The summed E-state index contributed by atoms with van der Waals surface area (Å²) >= 11 is 0. The lowest BCUT2D eigenvalue weighted by molar-refractivity contribution is -0.385. The predicted octanol–water partition coefficient (Wildman–Crippen LogP) is 5.90. The van der Waals surface area contributed by atoms with E-state index in [1.165, 1.54) is 28.1 Å². The number of hydrogen-bond donors (Lipinski definition) is 0. The molecule has 6 rings (SSSR count). The Morgan fingerprint density at radius 3 is 2.27 bits per heavy atom. The number of para-hydroxylation sites is 1. The van der Waals surface area contributed by atoms with Crippen LogP contribution in [0.2, 0.25) is 0 Å². The van der Waals surface area contributed by atoms with Crippen LogP contribution in [0.25, 0.3) is 0 Å². The van der Waals surface area contributed by atoms with E-state index in [1.807, 2.05) is 30.3 Å². The second-order valence-electron chi connectivity index (χ2n) is 12.1. The molecular weight excluding hydrogens is 562 g/mol. The molecule has 3 aromatic rings. The molecule has 0 aliphatic carbocycles. The summed E-state index contributed by atoms with van der Waals surface area (Å²) in [5.74, 6) is -1.17. The van der Waals surface area contributed by atoms with Crippen molar-refractivity contribution in [3.8, 4) is 0 Å². The highest BCUT2D eigenvalue weighted by Crippen LogP contribution is 2.65. The molecule has 44 heavy (non-hydrogen) atoms. The predicted molar refractivity (Wildman–Crippen MR) is 164 cm³/mol. The number of nitro benzene ring substituents is 1. The third-order valence-electron chi connectivity index (χ3n) is 8.35. The Hall–Kier alpha value is -5.32. The van der Waals surface area contributed by atoms with E-state index in [9.17, 15) is 19.7 Å². The molecule has 0 aromatic heterocycles. The van der Waals surface area contributed by atoms with Gasteiger partial charge in [-0.1, -0.05) is 55.1 Å². The van der Waals surface area contributed by atoms with Gasteiger partial charge in [0.15, 0.2) is 5.54 Å². The quantitative estimate of drug-likeness (QED) is 0.274. The average Bonchev–Trinajstić information content (AvgIpc) is 3.50. The van der Waals surface area contributed by atoms with Crippen molar-refractivity contribution >= 4 is 40.7 Å². The molecule has 0 bridgehead atoms. The van der Waals surface area contributed by atoms with Crippen molar-refractivity contribution < 1.29 is 24.0 Å². The number of amides is 3. The van der Waals surface area contributed by atoms with Crippen LogP contribution >= 0.6 is 0 Å². The highest BCUT2D eigenvalue weighted by molar-refractivity contribution is 6.27. The fraction of sp³-hybridized carbons (Fsp3) is 0.273. The van der Waals surface area contributed by atoms with Crippen LogP contribution in [0.5, 0.6) is 0 Å². The number of non-ortho nitro benzene ring substituents is 1. The number of hydrazone groups is 1. The van der Waals surface area contributed by atoms with Crippen LogP contribution in [0.15, 0.2) is 96.2 Å². The average molecular weight is 594 g/mol. The fourth-order valence-electron chi connectivity index (χ4n) is 6.63. The lowest BCUT2D eigenvalue weighted by Gasteiger charge is -2.42. The number of allylic oxidation sites excluding steroid dienone is 1. The summed E-state index contributed by atoms with van der Waals surface area (Å²) in [6.07, 6.45) is -1.04. The highest BCUT2D eigenvalue weighted by Gasteiger charge is 2.78. The van der Waals surface area contributed by atoms with Crippen LogP contribution in [0.3, 0.4) is 0 Å². The minimum Gasteiger partial charge on any atom is -0.443 e. The number of benzene rings is 3. The number of likely N-dealkylation sites (tertiary alicyclic amines) is 1. The number of anilines is 2. The maximum absolute atomic E-state index is 15.2. The van der Waals surface area contributed by atoms with E-state index < -0.39 is 39.4 Å². The smallest absolute Gasteiger partial charge is 0.415 e. The Balaban J connectivity index is 1.66. The minimum atomic E-state index is -2.11. The Bertz CT molecular complexity index is 1770. The summed E-state index contributed by atoms with van der Waals surface area (Å²) in [5.41, 5.74) is -3.00. The normalized spacial score (nSPS) is 22.7. The van der Waals surface area contributed by atoms with Crippen molar-refractivity contribution in [2.45, 2.75) is 51.8 Å². The highest BCUT2D eigenvalue weighted by atomic mass is 16.6. The summed E-state index contributed by atoms with van der Waals surface area (Å²) in [7, 11) is 0. The van der Waals surface area contributed by atoms with E-state index >= 15 is 4.79 Å². The number of nitro groups is 1. The zero-order chi connectivity index (χ0) is 31.6. The second kappa shape index (κ2) is 9.87. The fourth-order valence-corrected chi connectivity index (χ4v) is 6.63. The standard InChI is InChI=1S/C33H31N5O6/c1-21-19-32(22(2)34-37(28(32)39)24-14-10-7-11-15-24)33(36(21)30(41)44-31(3,4)5)26-18-25(38(42)43)16-17-27(26)35(29(33)40)20-23-12-8-6-9-13-23/h6-18H,1,19-20H2,2-5H3/t32-,33-/m0/s1. The van der Waals surface area contributed by atoms with Crippen molar-refractivity contribution in [3.05, 3.63) is 112 Å². The molecule has 3 aliphatic heterocycles. The van der Waals surface area contributed by atoms with E-state index in [-0.39, 0.29) is 35.6 Å². The third-order valence-corrected chi connectivity index (χ3v) is 8.35. The Morgan fingerprint density at radius 1 is 1.02 bits per heavy atom. The molecule has 11 nitrogen and oxygen atoms in total. The van der Waals surface area contributed by atoms with Gasteiger partial charge < -0.3 is 9.64 Å². The first-order valence-electron chi connectivity index (χ1n) is 14.1. The van der Waals surface area contributed by atoms with Crippen LogP contribution in [0.1, 0.15) is 45.2 Å². The van der Waals surface area contributed by atoms with Crippen LogP contribution in [0.4, 0.5) is 21.9 Å². The minimum absolute atomic E-state index is 0.0870. The van der Waals surface area contributed by atoms with Crippen molar-refractivity contribution in [1.82, 2.24) is 4.90 Å². The van der Waals surface area contributed by atoms with Gasteiger partial charge in [-0.3, -0.25) is 24.6 Å². The van der Waals surface area contributed by atoms with Gasteiger partial charge in [-0.25, -0.2) is 4.79 Å². The topological polar surface area (TPSA) is 126 Å². The van der Waals surface area contributed by atoms with Crippen LogP contribution < -0.4 is 9.91 Å². The van der Waals surface area contributed by atoms with Crippen molar-refractivity contribution in [3.63, 3.8) is 0 Å². The van der Waals surface area contributed by atoms with E-state index in [1.54, 1.807) is 58.0 Å². The Kier molecular flexibility index (Phi) is 6.45. The molecule has 0 radical (unpaired) electrons. The van der Waals surface area contributed by atoms with Crippen molar-refractivity contribution in [2.75, 3.05) is 9.91 Å². The second-order valence-corrected chi connectivity index (χ2v) is 12.1. The first kappa shape index (κ1) is 28.8. The Labute approximate surface area is 254 Å². The summed E-state index contributed by atoms with van der Waals surface area (Å²) in [5, 5.41) is 18.0. The molecule has 3 amide bonds. The van der Waals surface area contributed by atoms with Crippen molar-refractivity contribution in [2.24, 2.45) is 10.5 Å². The number of fused-ring (bicyclic) bond motifs is 3. The molecule has 1 saturated heterocycles. The van der Waals surface area contributed by atoms with Gasteiger partial charge in [0.05, 0.1) is 28.6 Å². The van der Waals surface area contributed by atoms with Gasteiger partial charge in [0.2, 0.25) is 0 Å². The maximum Gasteiger partial charge on any atom is 0.415 e. The molecule has 3 aromatic carbocycles. The summed E-state index contributed by atoms with van der Waals surface area (Å²) in [6.45, 7) is 10.9. The lowest BCUT2D eigenvalue weighted by Crippen LogP contribution is -2.63. The monoisotopic (exact) mass is 593 g/mol. The first-order chi connectivity index (χ1) is 20.8. The molecule has 2 spiro atoms. The van der Waals surface area contributed by atoms with E-state index in [0.29, 0.717) is 11.4 Å². The van der Waals surface area contributed by atoms with E-state index in [2.05, 4.69) is 11.7 Å². The van der Waals surface area contributed by atoms with Gasteiger partial charge in [-0.15, -0.1) is 0 Å². The lowest BCUT2D eigenvalue weighted by atomic mass is 9.63. The van der Waals surface area contributed by atoms with Gasteiger partial charge in [0.1, 0.15) is 11.0 Å². The summed E-state index contributed by atoms with van der Waals surface area (Å²) in [6, 6.07) is 22.1. The number of hydrogen-bond acceptors (Lipinski definition) is 7. The van der Waals surface area contributed by atoms with Crippen LogP contribution in [-0.4, -0.2) is 39.0 Å². The number of nitrogens with zero attached hydrogens (tertiary/aromatic N) is 5. The molecule has 0 N–H and O–H groups in total. The molecule has 0 unspecified atom stereocenters. The number of rotatable bonds is 4. The molecule has 2 atom stereocenters.